The first-order valence-electron chi connectivity index (χ1n) is 10.6. The van der Waals surface area contributed by atoms with Crippen LogP contribution in [0.25, 0.3) is 16.7 Å². The quantitative estimate of drug-likeness (QED) is 0.666. The van der Waals surface area contributed by atoms with Crippen LogP contribution in [0.4, 0.5) is 0 Å². The average Bonchev–Trinajstić information content (AvgIpc) is 3.31. The summed E-state index contributed by atoms with van der Waals surface area (Å²) in [6, 6.07) is 16.4. The highest BCUT2D eigenvalue weighted by molar-refractivity contribution is 5.94. The molecule has 2 fully saturated rings. The van der Waals surface area contributed by atoms with E-state index in [1.807, 2.05) is 61.3 Å². The lowest BCUT2D eigenvalue weighted by Gasteiger charge is -2.25. The zero-order chi connectivity index (χ0) is 20.0. The molecule has 1 aliphatic heterocycles. The summed E-state index contributed by atoms with van der Waals surface area (Å²) in [5.41, 5.74) is 3.86. The highest BCUT2D eigenvalue weighted by atomic mass is 16.2. The van der Waals surface area contributed by atoms with Crippen LogP contribution in [0, 0.1) is 12.8 Å². The Balaban J connectivity index is 1.32. The van der Waals surface area contributed by atoms with Gasteiger partial charge in [-0.15, -0.1) is 0 Å². The normalized spacial score (nSPS) is 19.7. The zero-order valence-electron chi connectivity index (χ0n) is 17.2. The highest BCUT2D eigenvalue weighted by Crippen LogP contribution is 2.31. The molecule has 1 aromatic heterocycles. The van der Waals surface area contributed by atoms with Crippen LogP contribution in [0.2, 0.25) is 0 Å². The molecule has 0 bridgehead atoms. The van der Waals surface area contributed by atoms with E-state index >= 15 is 0 Å². The summed E-state index contributed by atoms with van der Waals surface area (Å²) in [7, 11) is 1.95. The molecule has 1 saturated heterocycles. The molecule has 3 aromatic rings. The maximum absolute atomic E-state index is 13.0. The van der Waals surface area contributed by atoms with E-state index < -0.39 is 0 Å². The number of aryl methyl sites for hydroxylation is 1. The van der Waals surface area contributed by atoms with Gasteiger partial charge in [0.15, 0.2) is 0 Å². The zero-order valence-corrected chi connectivity index (χ0v) is 17.2. The maximum Gasteiger partial charge on any atom is 0.253 e. The van der Waals surface area contributed by atoms with Crippen LogP contribution < -0.4 is 0 Å². The Bertz CT molecular complexity index is 1030. The van der Waals surface area contributed by atoms with Crippen molar-refractivity contribution in [3.8, 4) is 5.69 Å². The first-order valence-corrected chi connectivity index (χ1v) is 10.6. The summed E-state index contributed by atoms with van der Waals surface area (Å²) in [4.78, 5) is 22.2. The summed E-state index contributed by atoms with van der Waals surface area (Å²) >= 11 is 0. The lowest BCUT2D eigenvalue weighted by molar-refractivity contribution is 0.0735. The second-order valence-corrected chi connectivity index (χ2v) is 8.59. The molecule has 150 valence electrons. The topological polar surface area (TPSA) is 41.4 Å². The van der Waals surface area contributed by atoms with Gasteiger partial charge in [0, 0.05) is 44.0 Å². The molecular formula is C24H28N4O. The van der Waals surface area contributed by atoms with Crippen LogP contribution in [0.3, 0.4) is 0 Å². The maximum atomic E-state index is 13.0. The molecule has 5 nitrogen and oxygen atoms in total. The van der Waals surface area contributed by atoms with E-state index in [1.54, 1.807) is 0 Å². The van der Waals surface area contributed by atoms with E-state index in [0.29, 0.717) is 6.04 Å². The molecule has 2 aromatic carbocycles. The van der Waals surface area contributed by atoms with Gasteiger partial charge in [0.05, 0.1) is 11.0 Å². The molecule has 1 atom stereocenters. The number of likely N-dealkylation sites (N-methyl/N-ethyl adjacent to an activating group) is 1. The monoisotopic (exact) mass is 388 g/mol. The van der Waals surface area contributed by atoms with Crippen LogP contribution in [-0.2, 0) is 0 Å². The van der Waals surface area contributed by atoms with Gasteiger partial charge in [-0.3, -0.25) is 9.36 Å². The van der Waals surface area contributed by atoms with Crippen LogP contribution in [0.15, 0.2) is 48.5 Å². The van der Waals surface area contributed by atoms with E-state index in [4.69, 9.17) is 0 Å². The molecule has 1 aliphatic carbocycles. The Morgan fingerprint density at radius 1 is 1.10 bits per heavy atom. The second kappa shape index (κ2) is 7.30. The Labute approximate surface area is 171 Å². The average molecular weight is 389 g/mol. The predicted molar refractivity (Wildman–Crippen MR) is 115 cm³/mol. The number of para-hydroxylation sites is 2. The molecule has 5 heteroatoms. The fourth-order valence-corrected chi connectivity index (χ4v) is 4.55. The minimum absolute atomic E-state index is 0.113. The molecule has 5 rings (SSSR count). The Kier molecular flexibility index (Phi) is 4.63. The molecule has 1 saturated carbocycles. The summed E-state index contributed by atoms with van der Waals surface area (Å²) in [5, 5.41) is 0. The summed E-state index contributed by atoms with van der Waals surface area (Å²) in [6.07, 6.45) is 3.84. The number of benzene rings is 2. The molecule has 29 heavy (non-hydrogen) atoms. The minimum Gasteiger partial charge on any atom is -0.337 e. The molecule has 0 radical (unpaired) electrons. The lowest BCUT2D eigenvalue weighted by Crippen LogP contribution is -2.39. The summed E-state index contributed by atoms with van der Waals surface area (Å²) < 4.78 is 2.14. The first-order chi connectivity index (χ1) is 14.1. The number of likely N-dealkylation sites (tertiary alicyclic amines) is 1. The van der Waals surface area contributed by atoms with Gasteiger partial charge in [-0.1, -0.05) is 12.1 Å². The lowest BCUT2D eigenvalue weighted by atomic mass is 10.1. The highest BCUT2D eigenvalue weighted by Gasteiger charge is 2.32. The molecular weight excluding hydrogens is 360 g/mol. The second-order valence-electron chi connectivity index (χ2n) is 8.59. The van der Waals surface area contributed by atoms with Gasteiger partial charge in [-0.25, -0.2) is 4.98 Å². The van der Waals surface area contributed by atoms with Crippen molar-refractivity contribution in [2.24, 2.45) is 5.92 Å². The number of imidazole rings is 1. The Morgan fingerprint density at radius 3 is 2.62 bits per heavy atom. The SMILES string of the molecule is Cc1nc2ccccc2n1-c1ccc(C(=O)N(C)[C@H]2CCN(CC3CC3)C2)cc1. The van der Waals surface area contributed by atoms with Crippen molar-refractivity contribution in [1.29, 1.82) is 0 Å². The summed E-state index contributed by atoms with van der Waals surface area (Å²) in [5.74, 6) is 1.97. The van der Waals surface area contributed by atoms with Crippen molar-refractivity contribution >= 4 is 16.9 Å². The predicted octanol–water partition coefficient (Wildman–Crippen LogP) is 3.89. The first kappa shape index (κ1) is 18.4. The number of carbonyl (C=O) groups excluding carboxylic acids is 1. The van der Waals surface area contributed by atoms with Crippen LogP contribution in [0.5, 0.6) is 0 Å². The van der Waals surface area contributed by atoms with Crippen molar-refractivity contribution in [2.45, 2.75) is 32.2 Å². The minimum atomic E-state index is 0.113. The fraction of sp³-hybridized carbons (Fsp3) is 0.417. The van der Waals surface area contributed by atoms with Crippen molar-refractivity contribution in [3.63, 3.8) is 0 Å². The number of fused-ring (bicyclic) bond motifs is 1. The number of carbonyl (C=O) groups is 1. The molecule has 0 spiro atoms. The van der Waals surface area contributed by atoms with Crippen LogP contribution in [-0.4, -0.2) is 58.0 Å². The van der Waals surface area contributed by atoms with Gasteiger partial charge in [0.2, 0.25) is 0 Å². The largest absolute Gasteiger partial charge is 0.337 e. The van der Waals surface area contributed by atoms with Gasteiger partial charge < -0.3 is 9.80 Å². The third kappa shape index (κ3) is 3.55. The third-order valence-corrected chi connectivity index (χ3v) is 6.43. The van der Waals surface area contributed by atoms with E-state index in [1.165, 1.54) is 19.4 Å². The third-order valence-electron chi connectivity index (χ3n) is 6.43. The van der Waals surface area contributed by atoms with E-state index in [9.17, 15) is 4.79 Å². The molecule has 2 heterocycles. The standard InChI is InChI=1S/C24H28N4O/c1-17-25-22-5-3-4-6-23(22)28(17)20-11-9-19(10-12-20)24(29)26(2)21-13-14-27(16-21)15-18-7-8-18/h3-6,9-12,18,21H,7-8,13-16H2,1-2H3/t21-/m0/s1. The molecule has 0 N–H and O–H groups in total. The van der Waals surface area contributed by atoms with Crippen molar-refractivity contribution in [3.05, 3.63) is 59.9 Å². The van der Waals surface area contributed by atoms with Crippen LogP contribution >= 0.6 is 0 Å². The van der Waals surface area contributed by atoms with Crippen molar-refractivity contribution < 1.29 is 4.79 Å². The Morgan fingerprint density at radius 2 is 1.86 bits per heavy atom. The number of nitrogens with zero attached hydrogens (tertiary/aromatic N) is 4. The smallest absolute Gasteiger partial charge is 0.253 e. The van der Waals surface area contributed by atoms with E-state index in [0.717, 1.165) is 53.5 Å². The molecule has 1 amide bonds. The van der Waals surface area contributed by atoms with Crippen LogP contribution in [0.1, 0.15) is 35.4 Å². The van der Waals surface area contributed by atoms with Gasteiger partial charge in [-0.05, 0) is 68.5 Å². The Hall–Kier alpha value is -2.66. The van der Waals surface area contributed by atoms with E-state index in [-0.39, 0.29) is 5.91 Å². The van der Waals surface area contributed by atoms with Gasteiger partial charge >= 0.3 is 0 Å². The number of aromatic nitrogens is 2. The summed E-state index contributed by atoms with van der Waals surface area (Å²) in [6.45, 7) is 5.35. The van der Waals surface area contributed by atoms with Crippen molar-refractivity contribution in [2.75, 3.05) is 26.7 Å². The molecule has 2 aliphatic rings. The molecule has 0 unspecified atom stereocenters. The number of hydrogen-bond donors (Lipinski definition) is 0. The van der Waals surface area contributed by atoms with Gasteiger partial charge in [0.1, 0.15) is 5.82 Å². The van der Waals surface area contributed by atoms with Gasteiger partial charge in [-0.2, -0.15) is 0 Å². The van der Waals surface area contributed by atoms with Gasteiger partial charge in [0.25, 0.3) is 5.91 Å². The fourth-order valence-electron chi connectivity index (χ4n) is 4.55. The number of amides is 1. The van der Waals surface area contributed by atoms with Crippen molar-refractivity contribution in [1.82, 2.24) is 19.4 Å². The number of rotatable bonds is 5. The van der Waals surface area contributed by atoms with E-state index in [2.05, 4.69) is 20.5 Å². The number of hydrogen-bond acceptors (Lipinski definition) is 3.